The van der Waals surface area contributed by atoms with Crippen LogP contribution in [-0.4, -0.2) is 46.2 Å². The third-order valence-electron chi connectivity index (χ3n) is 7.02. The van der Waals surface area contributed by atoms with Gasteiger partial charge in [-0.2, -0.15) is 0 Å². The number of hydrogen-bond donors (Lipinski definition) is 3. The molecular weight excluding hydrogens is 506 g/mol. The highest BCUT2D eigenvalue weighted by Gasteiger charge is 2.40. The predicted octanol–water partition coefficient (Wildman–Crippen LogP) is 4.96. The molecule has 0 bridgehead atoms. The van der Waals surface area contributed by atoms with Crippen LogP contribution in [0.4, 0.5) is 8.78 Å². The molecule has 1 aromatic carbocycles. The van der Waals surface area contributed by atoms with Crippen molar-refractivity contribution in [1.82, 2.24) is 20.3 Å². The molecule has 3 aromatic heterocycles. The molecular formula is C29H30F2N4O4. The molecule has 1 aliphatic heterocycles. The fourth-order valence-corrected chi connectivity index (χ4v) is 4.85. The van der Waals surface area contributed by atoms with E-state index in [9.17, 15) is 14.3 Å². The molecule has 39 heavy (non-hydrogen) atoms. The van der Waals surface area contributed by atoms with Crippen molar-refractivity contribution in [3.63, 3.8) is 0 Å². The number of methoxy groups -OCH3 is 1. The zero-order valence-corrected chi connectivity index (χ0v) is 22.0. The van der Waals surface area contributed by atoms with E-state index in [1.54, 1.807) is 18.3 Å². The Morgan fingerprint density at radius 2 is 1.97 bits per heavy atom. The summed E-state index contributed by atoms with van der Waals surface area (Å²) in [7, 11) is 1.52. The number of aromatic nitrogens is 3. The molecule has 1 aliphatic rings. The zero-order chi connectivity index (χ0) is 27.8. The summed E-state index contributed by atoms with van der Waals surface area (Å²) in [5.41, 5.74) is -0.831. The molecule has 1 unspecified atom stereocenters. The van der Waals surface area contributed by atoms with E-state index in [2.05, 4.69) is 20.3 Å². The van der Waals surface area contributed by atoms with Crippen LogP contribution in [-0.2, 0) is 15.9 Å². The highest BCUT2D eigenvalue weighted by Crippen LogP contribution is 2.39. The van der Waals surface area contributed by atoms with Gasteiger partial charge in [-0.25, -0.2) is 18.7 Å². The molecule has 1 amide bonds. The Kier molecular flexibility index (Phi) is 7.09. The number of aliphatic hydroxyl groups is 1. The van der Waals surface area contributed by atoms with Gasteiger partial charge in [0.1, 0.15) is 22.8 Å². The summed E-state index contributed by atoms with van der Waals surface area (Å²) in [6.07, 6.45) is 3.75. The van der Waals surface area contributed by atoms with Crippen LogP contribution >= 0.6 is 0 Å². The number of pyridine rings is 2. The Labute approximate surface area is 224 Å². The number of carbonyl (C=O) groups is 1. The van der Waals surface area contributed by atoms with E-state index >= 15 is 4.39 Å². The summed E-state index contributed by atoms with van der Waals surface area (Å²) in [4.78, 5) is 25.0. The SMILES string of the molecule is COc1cc2cc(C(=O)NCC3(c4cc(C(C)(C)O)c(F)c(-c5ccc(F)cc5)n4)CCCCO3)[nH]c2cn1. The fraction of sp³-hybridized carbons (Fsp3) is 0.345. The Hall–Kier alpha value is -3.89. The number of rotatable bonds is 7. The predicted molar refractivity (Wildman–Crippen MR) is 141 cm³/mol. The fourth-order valence-electron chi connectivity index (χ4n) is 4.85. The number of ether oxygens (including phenoxy) is 2. The minimum absolute atomic E-state index is 0.0263. The van der Waals surface area contributed by atoms with Crippen LogP contribution in [0.2, 0.25) is 0 Å². The van der Waals surface area contributed by atoms with Crippen LogP contribution in [0.5, 0.6) is 5.88 Å². The van der Waals surface area contributed by atoms with Crippen LogP contribution in [0.1, 0.15) is 54.9 Å². The third kappa shape index (κ3) is 5.35. The molecule has 1 saturated heterocycles. The second kappa shape index (κ2) is 10.3. The number of nitrogens with one attached hydrogen (secondary N) is 2. The van der Waals surface area contributed by atoms with E-state index in [1.807, 2.05) is 0 Å². The lowest BCUT2D eigenvalue weighted by molar-refractivity contribution is -0.0839. The second-order valence-electron chi connectivity index (χ2n) is 10.3. The smallest absolute Gasteiger partial charge is 0.267 e. The molecule has 4 heterocycles. The lowest BCUT2D eigenvalue weighted by Crippen LogP contribution is -2.45. The molecule has 0 saturated carbocycles. The lowest BCUT2D eigenvalue weighted by Gasteiger charge is -2.38. The normalized spacial score (nSPS) is 17.8. The van der Waals surface area contributed by atoms with Gasteiger partial charge in [0.2, 0.25) is 5.88 Å². The standard InChI is InChI=1S/C29H30F2N4O4/c1-28(2,37)20-14-23(35-26(25(20)31)17-6-8-19(30)9-7-17)29(10-4-5-11-39-29)16-33-27(36)21-12-18-13-24(38-3)32-15-22(18)34-21/h6-9,12-15,34,37H,4-5,10-11,16H2,1-3H3,(H,33,36). The number of hydrogen-bond acceptors (Lipinski definition) is 6. The van der Waals surface area contributed by atoms with Gasteiger partial charge < -0.3 is 24.9 Å². The molecule has 3 N–H and O–H groups in total. The summed E-state index contributed by atoms with van der Waals surface area (Å²) in [6.45, 7) is 3.46. The highest BCUT2D eigenvalue weighted by atomic mass is 19.1. The van der Waals surface area contributed by atoms with Crippen molar-refractivity contribution in [2.75, 3.05) is 20.3 Å². The van der Waals surface area contributed by atoms with E-state index in [4.69, 9.17) is 9.47 Å². The summed E-state index contributed by atoms with van der Waals surface area (Å²) >= 11 is 0. The van der Waals surface area contributed by atoms with E-state index in [1.165, 1.54) is 51.3 Å². The van der Waals surface area contributed by atoms with Gasteiger partial charge in [-0.15, -0.1) is 0 Å². The molecule has 5 rings (SSSR count). The largest absolute Gasteiger partial charge is 0.481 e. The Balaban J connectivity index is 1.52. The number of carbonyl (C=O) groups excluding carboxylic acids is 1. The van der Waals surface area contributed by atoms with Crippen molar-refractivity contribution < 1.29 is 28.2 Å². The van der Waals surface area contributed by atoms with E-state index in [0.29, 0.717) is 41.4 Å². The quantitative estimate of drug-likeness (QED) is 0.308. The van der Waals surface area contributed by atoms with Crippen molar-refractivity contribution in [3.8, 4) is 17.1 Å². The van der Waals surface area contributed by atoms with Crippen LogP contribution in [0, 0.1) is 11.6 Å². The van der Waals surface area contributed by atoms with Crippen LogP contribution in [0.15, 0.2) is 48.7 Å². The van der Waals surface area contributed by atoms with Crippen molar-refractivity contribution in [2.45, 2.75) is 44.3 Å². The lowest BCUT2D eigenvalue weighted by atomic mass is 9.86. The first-order valence-electron chi connectivity index (χ1n) is 12.7. The Morgan fingerprint density at radius 1 is 1.21 bits per heavy atom. The molecule has 10 heteroatoms. The molecule has 0 aliphatic carbocycles. The second-order valence-corrected chi connectivity index (χ2v) is 10.3. The van der Waals surface area contributed by atoms with Crippen molar-refractivity contribution in [2.24, 2.45) is 0 Å². The number of amides is 1. The number of benzene rings is 1. The number of fused-ring (bicyclic) bond motifs is 1. The number of nitrogens with zero attached hydrogens (tertiary/aromatic N) is 2. The minimum atomic E-state index is -1.53. The van der Waals surface area contributed by atoms with Gasteiger partial charge in [0.15, 0.2) is 5.82 Å². The average molecular weight is 537 g/mol. The first-order valence-corrected chi connectivity index (χ1v) is 12.7. The third-order valence-corrected chi connectivity index (χ3v) is 7.02. The van der Waals surface area contributed by atoms with E-state index in [0.717, 1.165) is 18.2 Å². The topological polar surface area (TPSA) is 109 Å². The maximum Gasteiger partial charge on any atom is 0.267 e. The number of halogens is 2. The number of aromatic amines is 1. The molecule has 0 spiro atoms. The van der Waals surface area contributed by atoms with Gasteiger partial charge in [0, 0.05) is 29.2 Å². The van der Waals surface area contributed by atoms with Gasteiger partial charge in [0.05, 0.1) is 36.7 Å². The summed E-state index contributed by atoms with van der Waals surface area (Å²) in [6, 6.07) is 10.3. The van der Waals surface area contributed by atoms with Gasteiger partial charge >= 0.3 is 0 Å². The van der Waals surface area contributed by atoms with Gasteiger partial charge in [-0.05, 0) is 69.5 Å². The molecule has 1 fully saturated rings. The minimum Gasteiger partial charge on any atom is -0.481 e. The maximum absolute atomic E-state index is 15.7. The van der Waals surface area contributed by atoms with Crippen LogP contribution < -0.4 is 10.1 Å². The van der Waals surface area contributed by atoms with E-state index in [-0.39, 0.29) is 23.7 Å². The Bertz CT molecular complexity index is 1510. The average Bonchev–Trinajstić information content (AvgIpc) is 3.36. The molecule has 1 atom stereocenters. The molecule has 4 aromatic rings. The molecule has 8 nitrogen and oxygen atoms in total. The first-order chi connectivity index (χ1) is 18.6. The number of H-pyrrole nitrogens is 1. The van der Waals surface area contributed by atoms with Crippen LogP contribution in [0.25, 0.3) is 22.2 Å². The molecule has 0 radical (unpaired) electrons. The zero-order valence-electron chi connectivity index (χ0n) is 22.0. The van der Waals surface area contributed by atoms with Gasteiger partial charge in [0.25, 0.3) is 5.91 Å². The molecule has 204 valence electrons. The van der Waals surface area contributed by atoms with Gasteiger partial charge in [-0.3, -0.25) is 4.79 Å². The van der Waals surface area contributed by atoms with Crippen molar-refractivity contribution in [1.29, 1.82) is 0 Å². The summed E-state index contributed by atoms with van der Waals surface area (Å²) < 4.78 is 40.7. The van der Waals surface area contributed by atoms with E-state index < -0.39 is 22.8 Å². The summed E-state index contributed by atoms with van der Waals surface area (Å²) in [5.74, 6) is -1.08. The van der Waals surface area contributed by atoms with Crippen molar-refractivity contribution >= 4 is 16.8 Å². The first kappa shape index (κ1) is 26.7. The van der Waals surface area contributed by atoms with Crippen molar-refractivity contribution in [3.05, 3.63) is 77.2 Å². The Morgan fingerprint density at radius 3 is 2.64 bits per heavy atom. The monoisotopic (exact) mass is 536 g/mol. The maximum atomic E-state index is 15.7. The van der Waals surface area contributed by atoms with Gasteiger partial charge in [-0.1, -0.05) is 0 Å². The summed E-state index contributed by atoms with van der Waals surface area (Å²) in [5, 5.41) is 14.5. The highest BCUT2D eigenvalue weighted by molar-refractivity contribution is 5.98. The van der Waals surface area contributed by atoms with Crippen LogP contribution in [0.3, 0.4) is 0 Å².